The van der Waals surface area contributed by atoms with E-state index in [1.54, 1.807) is 15.9 Å². The number of unbranched alkanes of at least 4 members (excludes halogenated alkanes) is 5. The van der Waals surface area contributed by atoms with Gasteiger partial charge in [-0.25, -0.2) is 4.98 Å². The Hall–Kier alpha value is -1.66. The summed E-state index contributed by atoms with van der Waals surface area (Å²) in [6.45, 7) is 4.71. The number of nitrogens with zero attached hydrogens (tertiary/aromatic N) is 2. The van der Waals surface area contributed by atoms with Crippen LogP contribution in [0.1, 0.15) is 51.0 Å². The highest BCUT2D eigenvalue weighted by Crippen LogP contribution is 2.45. The van der Waals surface area contributed by atoms with E-state index < -0.39 is 0 Å². The number of para-hydroxylation sites is 1. The molecule has 0 amide bonds. The van der Waals surface area contributed by atoms with Crippen LogP contribution in [0.25, 0.3) is 10.2 Å². The number of hydrogen-bond acceptors (Lipinski definition) is 5. The molecule has 3 rings (SSSR count). The molecule has 0 bridgehead atoms. The summed E-state index contributed by atoms with van der Waals surface area (Å²) in [6, 6.07) is 8.01. The molecule has 0 aliphatic heterocycles. The highest BCUT2D eigenvalue weighted by atomic mass is 32.2. The Bertz CT molecular complexity index is 837. The summed E-state index contributed by atoms with van der Waals surface area (Å²) in [5.74, 6) is 0.317. The fraction of sp³-hybridized carbons (Fsp3) is 0.450. The highest BCUT2D eigenvalue weighted by molar-refractivity contribution is 8.01. The molecule has 0 aliphatic carbocycles. The number of aromatic hydroxyl groups is 2. The maximum absolute atomic E-state index is 10.6. The Morgan fingerprint density at radius 2 is 1.77 bits per heavy atom. The Kier molecular flexibility index (Phi) is 6.48. The van der Waals surface area contributed by atoms with E-state index in [-0.39, 0.29) is 11.8 Å². The molecule has 0 atom stereocenters. The molecule has 2 N–H and O–H groups in total. The van der Waals surface area contributed by atoms with Gasteiger partial charge in [-0.3, -0.25) is 4.57 Å². The van der Waals surface area contributed by atoms with E-state index in [0.29, 0.717) is 11.4 Å². The Morgan fingerprint density at radius 1 is 1.04 bits per heavy atom. The van der Waals surface area contributed by atoms with Gasteiger partial charge in [0.1, 0.15) is 0 Å². The number of fused-ring (bicyclic) bond motifs is 1. The van der Waals surface area contributed by atoms with Crippen molar-refractivity contribution in [3.8, 4) is 11.8 Å². The third-order valence-corrected chi connectivity index (χ3v) is 6.88. The summed E-state index contributed by atoms with van der Waals surface area (Å²) in [6.07, 6.45) is 7.08. The normalized spacial score (nSPS) is 11.5. The molecule has 0 radical (unpaired) electrons. The topological polar surface area (TPSA) is 58.3 Å². The smallest absolute Gasteiger partial charge is 0.208 e. The molecule has 0 unspecified atom stereocenters. The quantitative estimate of drug-likeness (QED) is 0.419. The predicted molar refractivity (Wildman–Crippen MR) is 110 cm³/mol. The first-order valence-electron chi connectivity index (χ1n) is 9.26. The number of rotatable bonds is 9. The molecule has 26 heavy (non-hydrogen) atoms. The Morgan fingerprint density at radius 3 is 2.54 bits per heavy atom. The monoisotopic (exact) mass is 390 g/mol. The second kappa shape index (κ2) is 8.82. The summed E-state index contributed by atoms with van der Waals surface area (Å²) in [5.41, 5.74) is 1.69. The summed E-state index contributed by atoms with van der Waals surface area (Å²) in [5, 5.41) is 21.1. The van der Waals surface area contributed by atoms with Crippen LogP contribution in [0.15, 0.2) is 33.5 Å². The molecule has 0 saturated heterocycles. The predicted octanol–water partition coefficient (Wildman–Crippen LogP) is 6.33. The second-order valence-electron chi connectivity index (χ2n) is 6.57. The zero-order valence-electron chi connectivity index (χ0n) is 15.4. The van der Waals surface area contributed by atoms with Crippen LogP contribution >= 0.6 is 23.1 Å². The molecule has 2 heterocycles. The third-order valence-electron chi connectivity index (χ3n) is 4.59. The summed E-state index contributed by atoms with van der Waals surface area (Å²) < 4.78 is 3.63. The van der Waals surface area contributed by atoms with Crippen LogP contribution in [-0.4, -0.2) is 19.8 Å². The molecule has 6 heteroatoms. The lowest BCUT2D eigenvalue weighted by Gasteiger charge is -2.07. The second-order valence-corrected chi connectivity index (χ2v) is 8.86. The molecule has 4 nitrogen and oxygen atoms in total. The van der Waals surface area contributed by atoms with E-state index in [1.807, 2.05) is 31.2 Å². The van der Waals surface area contributed by atoms with Crippen molar-refractivity contribution in [1.82, 2.24) is 9.55 Å². The van der Waals surface area contributed by atoms with Crippen molar-refractivity contribution in [3.05, 3.63) is 29.8 Å². The minimum atomic E-state index is 0.151. The van der Waals surface area contributed by atoms with Crippen molar-refractivity contribution in [2.24, 2.45) is 0 Å². The number of thiazole rings is 1. The number of aromatic nitrogens is 2. The van der Waals surface area contributed by atoms with Gasteiger partial charge in [0, 0.05) is 12.1 Å². The van der Waals surface area contributed by atoms with Crippen LogP contribution in [0, 0.1) is 6.92 Å². The van der Waals surface area contributed by atoms with Crippen molar-refractivity contribution < 1.29 is 10.2 Å². The van der Waals surface area contributed by atoms with Gasteiger partial charge in [-0.15, -0.1) is 11.3 Å². The van der Waals surface area contributed by atoms with Crippen molar-refractivity contribution >= 4 is 33.3 Å². The van der Waals surface area contributed by atoms with E-state index >= 15 is 0 Å². The molecule has 3 aromatic rings. The SMILES string of the molecule is CCCCCCCCn1c(O)c(C)c(Sc2nc3ccccc3s2)c1O. The number of benzene rings is 1. The van der Waals surface area contributed by atoms with Gasteiger partial charge in [0.05, 0.1) is 15.1 Å². The largest absolute Gasteiger partial charge is 0.494 e. The zero-order chi connectivity index (χ0) is 18.5. The maximum Gasteiger partial charge on any atom is 0.208 e. The van der Waals surface area contributed by atoms with E-state index in [1.165, 1.54) is 37.4 Å². The van der Waals surface area contributed by atoms with Gasteiger partial charge in [0.2, 0.25) is 5.88 Å². The van der Waals surface area contributed by atoms with Crippen molar-refractivity contribution in [2.45, 2.75) is 68.2 Å². The van der Waals surface area contributed by atoms with Crippen LogP contribution in [0.5, 0.6) is 11.8 Å². The first-order chi connectivity index (χ1) is 12.6. The van der Waals surface area contributed by atoms with E-state index in [0.717, 1.165) is 33.0 Å². The summed E-state index contributed by atoms with van der Waals surface area (Å²) >= 11 is 3.03. The first kappa shape index (κ1) is 19.1. The highest BCUT2D eigenvalue weighted by Gasteiger charge is 2.21. The van der Waals surface area contributed by atoms with Crippen molar-refractivity contribution in [3.63, 3.8) is 0 Å². The summed E-state index contributed by atoms with van der Waals surface area (Å²) in [7, 11) is 0. The van der Waals surface area contributed by atoms with Gasteiger partial charge in [0.15, 0.2) is 10.2 Å². The molecular formula is C20H26N2O2S2. The van der Waals surface area contributed by atoms with Crippen LogP contribution in [-0.2, 0) is 6.54 Å². The molecule has 0 aliphatic rings. The van der Waals surface area contributed by atoms with Gasteiger partial charge < -0.3 is 10.2 Å². The van der Waals surface area contributed by atoms with Crippen LogP contribution < -0.4 is 0 Å². The van der Waals surface area contributed by atoms with E-state index in [4.69, 9.17) is 0 Å². The van der Waals surface area contributed by atoms with E-state index in [2.05, 4.69) is 11.9 Å². The minimum absolute atomic E-state index is 0.151. The lowest BCUT2D eigenvalue weighted by Crippen LogP contribution is -1.97. The average molecular weight is 391 g/mol. The fourth-order valence-electron chi connectivity index (χ4n) is 3.06. The minimum Gasteiger partial charge on any atom is -0.494 e. The third kappa shape index (κ3) is 4.18. The molecule has 140 valence electrons. The fourth-order valence-corrected chi connectivity index (χ4v) is 5.21. The molecule has 0 fully saturated rings. The first-order valence-corrected chi connectivity index (χ1v) is 10.9. The van der Waals surface area contributed by atoms with Gasteiger partial charge in [-0.1, -0.05) is 62.9 Å². The summed E-state index contributed by atoms with van der Waals surface area (Å²) in [4.78, 5) is 5.31. The molecule has 1 aromatic carbocycles. The standard InChI is InChI=1S/C20H26N2O2S2/c1-3-4-5-6-7-10-13-22-18(23)14(2)17(19(22)24)26-20-21-15-11-8-9-12-16(15)25-20/h8-9,11-12,23-24H,3-7,10,13H2,1-2H3. The van der Waals surface area contributed by atoms with Gasteiger partial charge in [-0.2, -0.15) is 0 Å². The average Bonchev–Trinajstić information content (AvgIpc) is 3.14. The van der Waals surface area contributed by atoms with Gasteiger partial charge >= 0.3 is 0 Å². The molecule has 2 aromatic heterocycles. The van der Waals surface area contributed by atoms with Gasteiger partial charge in [0.25, 0.3) is 0 Å². The van der Waals surface area contributed by atoms with Crippen molar-refractivity contribution in [2.75, 3.05) is 0 Å². The number of hydrogen-bond donors (Lipinski definition) is 2. The molecular weight excluding hydrogens is 364 g/mol. The lowest BCUT2D eigenvalue weighted by molar-refractivity contribution is 0.357. The maximum atomic E-state index is 10.6. The Labute approximate surface area is 162 Å². The van der Waals surface area contributed by atoms with Crippen LogP contribution in [0.4, 0.5) is 0 Å². The lowest BCUT2D eigenvalue weighted by atomic mass is 10.1. The zero-order valence-corrected chi connectivity index (χ0v) is 17.0. The van der Waals surface area contributed by atoms with Crippen molar-refractivity contribution in [1.29, 1.82) is 0 Å². The Balaban J connectivity index is 1.70. The molecule has 0 saturated carbocycles. The van der Waals surface area contributed by atoms with Crippen LogP contribution in [0.3, 0.4) is 0 Å². The van der Waals surface area contributed by atoms with E-state index in [9.17, 15) is 10.2 Å². The van der Waals surface area contributed by atoms with Gasteiger partial charge in [-0.05, 0) is 25.5 Å². The molecule has 0 spiro atoms. The van der Waals surface area contributed by atoms with Crippen LogP contribution in [0.2, 0.25) is 0 Å².